The van der Waals surface area contributed by atoms with Gasteiger partial charge >= 0.3 is 7.12 Å². The summed E-state index contributed by atoms with van der Waals surface area (Å²) in [6.45, 7) is 7.38. The van der Waals surface area contributed by atoms with Crippen molar-refractivity contribution in [3.05, 3.63) is 36.4 Å². The fourth-order valence-corrected chi connectivity index (χ4v) is 1.43. The Morgan fingerprint density at radius 1 is 1.44 bits per heavy atom. The van der Waals surface area contributed by atoms with E-state index in [-0.39, 0.29) is 5.75 Å². The molecular weight excluding hydrogens is 210 g/mol. The van der Waals surface area contributed by atoms with Crippen LogP contribution in [0.1, 0.15) is 13.8 Å². The molecule has 1 saturated heterocycles. The number of aromatic hydroxyl groups is 1. The van der Waals surface area contributed by atoms with Crippen LogP contribution < -0.4 is 5.46 Å². The van der Waals surface area contributed by atoms with E-state index in [4.69, 9.17) is 14.4 Å². The maximum absolute atomic E-state index is 13.1. The topological polar surface area (TPSA) is 38.7 Å². The van der Waals surface area contributed by atoms with E-state index in [2.05, 4.69) is 6.58 Å². The fraction of sp³-hybridized carbons (Fsp3) is 0.273. The predicted octanol–water partition coefficient (Wildman–Crippen LogP) is 1.57. The van der Waals surface area contributed by atoms with Crippen LogP contribution in [0.4, 0.5) is 4.39 Å². The number of hydrogen-bond acceptors (Lipinski definition) is 3. The first kappa shape index (κ1) is 11.0. The third-order valence-electron chi connectivity index (χ3n) is 2.57. The van der Waals surface area contributed by atoms with Crippen LogP contribution in [0.25, 0.3) is 0 Å². The lowest BCUT2D eigenvalue weighted by molar-refractivity contribution is 0.173. The molecule has 0 unspecified atom stereocenters. The summed E-state index contributed by atoms with van der Waals surface area (Å²) in [6, 6.07) is 4.01. The van der Waals surface area contributed by atoms with Crippen LogP contribution in [0.3, 0.4) is 0 Å². The summed E-state index contributed by atoms with van der Waals surface area (Å²) in [7, 11) is -0.669. The number of phenolic OH excluding ortho intramolecular Hbond substituents is 1. The third kappa shape index (κ3) is 1.78. The van der Waals surface area contributed by atoms with Gasteiger partial charge in [0.05, 0.1) is 5.76 Å². The lowest BCUT2D eigenvalue weighted by Crippen LogP contribution is -2.34. The van der Waals surface area contributed by atoms with Gasteiger partial charge in [0.1, 0.15) is 5.60 Å². The van der Waals surface area contributed by atoms with Crippen molar-refractivity contribution in [1.82, 2.24) is 0 Å². The van der Waals surface area contributed by atoms with E-state index >= 15 is 0 Å². The van der Waals surface area contributed by atoms with E-state index < -0.39 is 18.5 Å². The van der Waals surface area contributed by atoms with Gasteiger partial charge in [0, 0.05) is 5.46 Å². The zero-order chi connectivity index (χ0) is 11.9. The molecule has 16 heavy (non-hydrogen) atoms. The maximum atomic E-state index is 13.1. The summed E-state index contributed by atoms with van der Waals surface area (Å²) in [6.07, 6.45) is 0. The molecule has 0 spiro atoms. The van der Waals surface area contributed by atoms with Gasteiger partial charge in [-0.1, -0.05) is 12.6 Å². The molecule has 0 bridgehead atoms. The first-order valence-electron chi connectivity index (χ1n) is 4.92. The molecule has 0 aromatic heterocycles. The number of hydrogen-bond donors (Lipinski definition) is 1. The fourth-order valence-electron chi connectivity index (χ4n) is 1.43. The van der Waals surface area contributed by atoms with Crippen LogP contribution in [0.2, 0.25) is 0 Å². The summed E-state index contributed by atoms with van der Waals surface area (Å²) in [5, 5.41) is 9.07. The summed E-state index contributed by atoms with van der Waals surface area (Å²) in [4.78, 5) is 0. The van der Waals surface area contributed by atoms with Gasteiger partial charge in [0.2, 0.25) is 0 Å². The van der Waals surface area contributed by atoms with E-state index in [1.165, 1.54) is 12.1 Å². The number of phenols is 1. The van der Waals surface area contributed by atoms with Crippen LogP contribution in [0, 0.1) is 5.82 Å². The van der Waals surface area contributed by atoms with Crippen LogP contribution in [0.15, 0.2) is 30.5 Å². The number of halogens is 1. The van der Waals surface area contributed by atoms with Gasteiger partial charge in [0.15, 0.2) is 11.6 Å². The van der Waals surface area contributed by atoms with Gasteiger partial charge in [-0.05, 0) is 26.0 Å². The number of benzene rings is 1. The van der Waals surface area contributed by atoms with Crippen molar-refractivity contribution in [1.29, 1.82) is 0 Å². The Bertz CT molecular complexity index is 445. The van der Waals surface area contributed by atoms with Gasteiger partial charge in [0.25, 0.3) is 0 Å². The average Bonchev–Trinajstić information content (AvgIpc) is 2.46. The molecule has 2 rings (SSSR count). The molecule has 84 valence electrons. The Hall–Kier alpha value is -1.49. The highest BCUT2D eigenvalue weighted by Crippen LogP contribution is 2.29. The normalized spacial score (nSPS) is 18.7. The second kappa shape index (κ2) is 3.52. The van der Waals surface area contributed by atoms with Crippen LogP contribution >= 0.6 is 0 Å². The van der Waals surface area contributed by atoms with Gasteiger partial charge in [-0.15, -0.1) is 0 Å². The number of rotatable bonds is 1. The van der Waals surface area contributed by atoms with Crippen LogP contribution in [0.5, 0.6) is 5.75 Å². The molecular formula is C11H12BFO3. The zero-order valence-corrected chi connectivity index (χ0v) is 9.16. The predicted molar refractivity (Wildman–Crippen MR) is 58.8 cm³/mol. The highest BCUT2D eigenvalue weighted by atomic mass is 19.1. The highest BCUT2D eigenvalue weighted by Gasteiger charge is 2.42. The Kier molecular flexibility index (Phi) is 2.42. The second-order valence-electron chi connectivity index (χ2n) is 4.21. The lowest BCUT2D eigenvalue weighted by atomic mass is 9.79. The minimum absolute atomic E-state index is 0.389. The van der Waals surface area contributed by atoms with Crippen molar-refractivity contribution in [3.63, 3.8) is 0 Å². The highest BCUT2D eigenvalue weighted by molar-refractivity contribution is 6.62. The Balaban J connectivity index is 2.27. The van der Waals surface area contributed by atoms with E-state index in [1.807, 2.05) is 13.8 Å². The molecule has 1 N–H and O–H groups in total. The van der Waals surface area contributed by atoms with Gasteiger partial charge in [-0.25, -0.2) is 4.39 Å². The molecule has 0 saturated carbocycles. The van der Waals surface area contributed by atoms with Gasteiger partial charge in [-0.2, -0.15) is 0 Å². The molecule has 1 aromatic rings. The summed E-state index contributed by atoms with van der Waals surface area (Å²) >= 11 is 0. The van der Waals surface area contributed by atoms with Gasteiger partial charge < -0.3 is 14.4 Å². The van der Waals surface area contributed by atoms with Crippen LogP contribution in [-0.4, -0.2) is 17.8 Å². The third-order valence-corrected chi connectivity index (χ3v) is 2.57. The quantitative estimate of drug-likeness (QED) is 0.733. The van der Waals surface area contributed by atoms with Crippen molar-refractivity contribution >= 4 is 12.6 Å². The second-order valence-corrected chi connectivity index (χ2v) is 4.21. The molecule has 0 amide bonds. The minimum atomic E-state index is -0.694. The molecule has 1 heterocycles. The smallest absolute Gasteiger partial charge is 0.534 e. The standard InChI is InChI=1S/C11H12BFO3/c1-7-11(2,3)16-12(15-7)8-4-5-10(14)9(13)6-8/h4-6,14H,1H2,2-3H3. The van der Waals surface area contributed by atoms with Crippen molar-refractivity contribution in [3.8, 4) is 5.75 Å². The van der Waals surface area contributed by atoms with E-state index in [0.29, 0.717) is 11.2 Å². The van der Waals surface area contributed by atoms with Crippen molar-refractivity contribution in [2.75, 3.05) is 0 Å². The summed E-state index contributed by atoms with van der Waals surface area (Å²) in [5.74, 6) is -0.578. The Labute approximate surface area is 93.6 Å². The summed E-state index contributed by atoms with van der Waals surface area (Å²) in [5.41, 5.74) is -0.0685. The van der Waals surface area contributed by atoms with E-state index in [1.54, 1.807) is 6.07 Å². The molecule has 3 nitrogen and oxygen atoms in total. The first-order valence-corrected chi connectivity index (χ1v) is 4.92. The molecule has 1 aromatic carbocycles. The monoisotopic (exact) mass is 222 g/mol. The average molecular weight is 222 g/mol. The molecule has 1 aliphatic heterocycles. The Morgan fingerprint density at radius 2 is 2.12 bits per heavy atom. The SMILES string of the molecule is C=C1OB(c2ccc(O)c(F)c2)OC1(C)C. The van der Waals surface area contributed by atoms with E-state index in [9.17, 15) is 4.39 Å². The summed E-state index contributed by atoms with van der Waals surface area (Å²) < 4.78 is 24.1. The molecule has 1 fully saturated rings. The van der Waals surface area contributed by atoms with Crippen LogP contribution in [-0.2, 0) is 9.31 Å². The Morgan fingerprint density at radius 3 is 2.62 bits per heavy atom. The largest absolute Gasteiger partial charge is 0.563 e. The molecule has 5 heteroatoms. The minimum Gasteiger partial charge on any atom is -0.534 e. The molecule has 1 aliphatic rings. The van der Waals surface area contributed by atoms with Crippen molar-refractivity contribution in [2.45, 2.75) is 19.4 Å². The maximum Gasteiger partial charge on any atom is 0.563 e. The zero-order valence-electron chi connectivity index (χ0n) is 9.16. The molecule has 0 radical (unpaired) electrons. The molecule has 0 aliphatic carbocycles. The van der Waals surface area contributed by atoms with Crippen molar-refractivity contribution < 1.29 is 18.8 Å². The first-order chi connectivity index (χ1) is 7.40. The molecule has 0 atom stereocenters. The van der Waals surface area contributed by atoms with Crippen molar-refractivity contribution in [2.24, 2.45) is 0 Å². The van der Waals surface area contributed by atoms with Gasteiger partial charge in [-0.3, -0.25) is 0 Å². The van der Waals surface area contributed by atoms with E-state index in [0.717, 1.165) is 0 Å². The lowest BCUT2D eigenvalue weighted by Gasteiger charge is -2.15.